The van der Waals surface area contributed by atoms with Crippen molar-refractivity contribution in [2.45, 2.75) is 45.1 Å². The van der Waals surface area contributed by atoms with Crippen LogP contribution in [0.5, 0.6) is 0 Å². The number of hydrogen-bond acceptors (Lipinski definition) is 2. The van der Waals surface area contributed by atoms with Gasteiger partial charge in [0.25, 0.3) is 0 Å². The maximum absolute atomic E-state index is 6.62. The summed E-state index contributed by atoms with van der Waals surface area (Å²) in [5.41, 5.74) is 8.28. The van der Waals surface area contributed by atoms with E-state index in [0.717, 1.165) is 0 Å². The van der Waals surface area contributed by atoms with E-state index in [1.165, 1.54) is 47.8 Å². The Morgan fingerprint density at radius 1 is 1.17 bits per heavy atom. The number of rotatable bonds is 2. The van der Waals surface area contributed by atoms with E-state index >= 15 is 0 Å². The van der Waals surface area contributed by atoms with Gasteiger partial charge in [0, 0.05) is 10.7 Å². The second-order valence-electron chi connectivity index (χ2n) is 5.88. The lowest BCUT2D eigenvalue weighted by molar-refractivity contribution is 0.171. The first-order chi connectivity index (χ1) is 8.71. The molecule has 0 amide bonds. The monoisotopic (exact) mass is 259 g/mol. The molecule has 1 aliphatic carbocycles. The minimum absolute atomic E-state index is 0.189. The van der Waals surface area contributed by atoms with Crippen LogP contribution >= 0.6 is 11.3 Å². The van der Waals surface area contributed by atoms with Gasteiger partial charge in [-0.15, -0.1) is 11.3 Å². The maximum Gasteiger partial charge on any atom is 0.0363 e. The van der Waals surface area contributed by atoms with Crippen LogP contribution in [-0.4, -0.2) is 0 Å². The first kappa shape index (κ1) is 12.2. The average molecular weight is 259 g/mol. The van der Waals surface area contributed by atoms with E-state index in [9.17, 15) is 0 Å². The number of hydrogen-bond donors (Lipinski definition) is 1. The predicted octanol–water partition coefficient (Wildman–Crippen LogP) is 4.87. The fourth-order valence-electron chi connectivity index (χ4n) is 3.29. The molecule has 1 unspecified atom stereocenters. The van der Waals surface area contributed by atoms with Crippen LogP contribution in [-0.2, 0) is 0 Å². The highest BCUT2D eigenvalue weighted by Crippen LogP contribution is 2.46. The Labute approximate surface area is 113 Å². The van der Waals surface area contributed by atoms with Gasteiger partial charge in [0.2, 0.25) is 0 Å². The van der Waals surface area contributed by atoms with Crippen LogP contribution in [0.3, 0.4) is 0 Å². The van der Waals surface area contributed by atoms with Crippen molar-refractivity contribution in [3.8, 4) is 0 Å². The van der Waals surface area contributed by atoms with Gasteiger partial charge in [-0.25, -0.2) is 0 Å². The summed E-state index contributed by atoms with van der Waals surface area (Å²) in [6, 6.07) is 8.83. The topological polar surface area (TPSA) is 26.0 Å². The third kappa shape index (κ3) is 1.98. The van der Waals surface area contributed by atoms with Crippen molar-refractivity contribution in [2.75, 3.05) is 0 Å². The third-order valence-electron chi connectivity index (χ3n) is 4.59. The summed E-state index contributed by atoms with van der Waals surface area (Å²) in [5, 5.41) is 3.64. The quantitative estimate of drug-likeness (QED) is 0.818. The van der Waals surface area contributed by atoms with E-state index in [-0.39, 0.29) is 6.04 Å². The summed E-state index contributed by atoms with van der Waals surface area (Å²) in [6.45, 7) is 2.38. The lowest BCUT2D eigenvalue weighted by atomic mass is 9.69. The number of nitrogens with two attached hydrogens (primary N) is 1. The van der Waals surface area contributed by atoms with Crippen molar-refractivity contribution >= 4 is 21.4 Å². The van der Waals surface area contributed by atoms with Crippen LogP contribution in [0, 0.1) is 5.41 Å². The lowest BCUT2D eigenvalue weighted by Crippen LogP contribution is -2.33. The van der Waals surface area contributed by atoms with Crippen LogP contribution in [0.15, 0.2) is 29.6 Å². The number of benzene rings is 1. The molecule has 0 saturated heterocycles. The zero-order valence-corrected chi connectivity index (χ0v) is 11.8. The van der Waals surface area contributed by atoms with Crippen LogP contribution < -0.4 is 5.73 Å². The van der Waals surface area contributed by atoms with Gasteiger partial charge in [-0.05, 0) is 40.7 Å². The molecule has 1 aromatic carbocycles. The Hall–Kier alpha value is -0.860. The molecular weight excluding hydrogens is 238 g/mol. The second kappa shape index (κ2) is 4.67. The SMILES string of the molecule is CC1(C(N)c2csc3ccccc23)CCCCC1. The Morgan fingerprint density at radius 3 is 2.67 bits per heavy atom. The predicted molar refractivity (Wildman–Crippen MR) is 79.9 cm³/mol. The molecule has 2 aromatic rings. The fourth-order valence-corrected chi connectivity index (χ4v) is 4.28. The molecule has 1 saturated carbocycles. The van der Waals surface area contributed by atoms with E-state index in [4.69, 9.17) is 5.73 Å². The Morgan fingerprint density at radius 2 is 1.89 bits per heavy atom. The van der Waals surface area contributed by atoms with E-state index in [0.29, 0.717) is 5.41 Å². The molecule has 1 aromatic heterocycles. The first-order valence-electron chi connectivity index (χ1n) is 6.92. The molecule has 0 radical (unpaired) electrons. The fraction of sp³-hybridized carbons (Fsp3) is 0.500. The molecule has 1 nitrogen and oxygen atoms in total. The lowest BCUT2D eigenvalue weighted by Gasteiger charge is -2.39. The van der Waals surface area contributed by atoms with E-state index in [1.54, 1.807) is 0 Å². The van der Waals surface area contributed by atoms with Crippen molar-refractivity contribution in [2.24, 2.45) is 11.1 Å². The molecule has 1 atom stereocenters. The van der Waals surface area contributed by atoms with E-state index in [1.807, 2.05) is 11.3 Å². The molecule has 1 aliphatic rings. The normalized spacial score (nSPS) is 21.0. The second-order valence-corrected chi connectivity index (χ2v) is 6.79. The highest BCUT2D eigenvalue weighted by atomic mass is 32.1. The van der Waals surface area contributed by atoms with E-state index < -0.39 is 0 Å². The summed E-state index contributed by atoms with van der Waals surface area (Å²) >= 11 is 1.82. The highest BCUT2D eigenvalue weighted by molar-refractivity contribution is 7.17. The van der Waals surface area contributed by atoms with Gasteiger partial charge in [-0.2, -0.15) is 0 Å². The summed E-state index contributed by atoms with van der Waals surface area (Å²) in [5.74, 6) is 0. The molecule has 1 heterocycles. The summed E-state index contributed by atoms with van der Waals surface area (Å²) in [6.07, 6.45) is 6.61. The molecule has 0 aliphatic heterocycles. The van der Waals surface area contributed by atoms with Crippen molar-refractivity contribution < 1.29 is 0 Å². The molecule has 2 heteroatoms. The largest absolute Gasteiger partial charge is 0.323 e. The van der Waals surface area contributed by atoms with Crippen LogP contribution in [0.4, 0.5) is 0 Å². The van der Waals surface area contributed by atoms with Crippen LogP contribution in [0.25, 0.3) is 10.1 Å². The molecule has 3 rings (SSSR count). The smallest absolute Gasteiger partial charge is 0.0363 e. The van der Waals surface area contributed by atoms with Crippen LogP contribution in [0.1, 0.15) is 50.6 Å². The summed E-state index contributed by atoms with van der Waals surface area (Å²) < 4.78 is 1.36. The Kier molecular flexibility index (Phi) is 3.16. The zero-order chi connectivity index (χ0) is 12.6. The minimum atomic E-state index is 0.189. The van der Waals surface area contributed by atoms with Gasteiger partial charge in [0.1, 0.15) is 0 Å². The summed E-state index contributed by atoms with van der Waals surface area (Å²) in [7, 11) is 0. The maximum atomic E-state index is 6.62. The standard InChI is InChI=1S/C16H21NS/c1-16(9-5-2-6-10-16)15(17)13-11-18-14-8-4-3-7-12(13)14/h3-4,7-8,11,15H,2,5-6,9-10,17H2,1H3. The molecule has 2 N–H and O–H groups in total. The Bertz CT molecular complexity index is 537. The van der Waals surface area contributed by atoms with E-state index in [2.05, 4.69) is 36.6 Å². The molecule has 0 bridgehead atoms. The molecule has 96 valence electrons. The van der Waals surface area contributed by atoms with Gasteiger partial charge in [0.05, 0.1) is 0 Å². The van der Waals surface area contributed by atoms with Crippen LogP contribution in [0.2, 0.25) is 0 Å². The average Bonchev–Trinajstić information content (AvgIpc) is 2.82. The highest BCUT2D eigenvalue weighted by Gasteiger charge is 2.35. The van der Waals surface area contributed by atoms with Gasteiger partial charge in [-0.3, -0.25) is 0 Å². The Balaban J connectivity index is 1.98. The number of fused-ring (bicyclic) bond motifs is 1. The van der Waals surface area contributed by atoms with Gasteiger partial charge in [-0.1, -0.05) is 44.4 Å². The molecule has 0 spiro atoms. The summed E-state index contributed by atoms with van der Waals surface area (Å²) in [4.78, 5) is 0. The van der Waals surface area contributed by atoms with Gasteiger partial charge in [0.15, 0.2) is 0 Å². The van der Waals surface area contributed by atoms with Crippen molar-refractivity contribution in [1.29, 1.82) is 0 Å². The molecule has 18 heavy (non-hydrogen) atoms. The minimum Gasteiger partial charge on any atom is -0.323 e. The van der Waals surface area contributed by atoms with Crippen molar-refractivity contribution in [1.82, 2.24) is 0 Å². The van der Waals surface area contributed by atoms with Crippen molar-refractivity contribution in [3.63, 3.8) is 0 Å². The molecular formula is C16H21NS. The zero-order valence-electron chi connectivity index (χ0n) is 11.0. The third-order valence-corrected chi connectivity index (χ3v) is 5.57. The van der Waals surface area contributed by atoms with Crippen molar-refractivity contribution in [3.05, 3.63) is 35.2 Å². The first-order valence-corrected chi connectivity index (χ1v) is 7.80. The van der Waals surface area contributed by atoms with Gasteiger partial charge >= 0.3 is 0 Å². The molecule has 1 fully saturated rings. The van der Waals surface area contributed by atoms with Gasteiger partial charge < -0.3 is 5.73 Å². The number of thiophene rings is 1.